The quantitative estimate of drug-likeness (QED) is 0.505. The lowest BCUT2D eigenvalue weighted by Gasteiger charge is -2.11. The lowest BCUT2D eigenvalue weighted by atomic mass is 10.1. The SMILES string of the molecule is Cc1nc2ccc(NC(=O)c3cc(=O)oc4cc(OC(C)C)ccc34)cc2s1. The Balaban J connectivity index is 1.70. The van der Waals surface area contributed by atoms with Crippen molar-refractivity contribution in [3.8, 4) is 5.75 Å². The van der Waals surface area contributed by atoms with Gasteiger partial charge in [0.2, 0.25) is 0 Å². The van der Waals surface area contributed by atoms with Crippen LogP contribution in [0.5, 0.6) is 5.75 Å². The molecule has 0 saturated heterocycles. The minimum atomic E-state index is -0.590. The number of benzene rings is 2. The number of nitrogens with one attached hydrogen (secondary N) is 1. The molecule has 0 aliphatic heterocycles. The second-order valence-corrected chi connectivity index (χ2v) is 7.91. The van der Waals surface area contributed by atoms with Gasteiger partial charge in [0.05, 0.1) is 26.9 Å². The van der Waals surface area contributed by atoms with Crippen molar-refractivity contribution in [2.45, 2.75) is 26.9 Å². The minimum Gasteiger partial charge on any atom is -0.491 e. The summed E-state index contributed by atoms with van der Waals surface area (Å²) < 4.78 is 11.9. The van der Waals surface area contributed by atoms with E-state index in [0.717, 1.165) is 15.2 Å². The predicted octanol–water partition coefficient (Wildman–Crippen LogP) is 4.75. The second kappa shape index (κ2) is 7.09. The van der Waals surface area contributed by atoms with Crippen LogP contribution in [0, 0.1) is 6.92 Å². The van der Waals surface area contributed by atoms with Gasteiger partial charge in [0, 0.05) is 23.2 Å². The Labute approximate surface area is 164 Å². The van der Waals surface area contributed by atoms with Crippen molar-refractivity contribution in [2.24, 2.45) is 0 Å². The highest BCUT2D eigenvalue weighted by Crippen LogP contribution is 2.27. The third-order valence-corrected chi connectivity index (χ3v) is 5.02. The molecule has 0 bridgehead atoms. The van der Waals surface area contributed by atoms with E-state index < -0.39 is 5.63 Å². The van der Waals surface area contributed by atoms with Crippen molar-refractivity contribution in [3.63, 3.8) is 0 Å². The van der Waals surface area contributed by atoms with E-state index in [0.29, 0.717) is 22.4 Å². The topological polar surface area (TPSA) is 81.4 Å². The van der Waals surface area contributed by atoms with Gasteiger partial charge >= 0.3 is 5.63 Å². The maximum absolute atomic E-state index is 12.8. The summed E-state index contributed by atoms with van der Waals surface area (Å²) in [4.78, 5) is 29.2. The fourth-order valence-corrected chi connectivity index (χ4v) is 3.86. The number of carbonyl (C=O) groups is 1. The molecule has 0 atom stereocenters. The number of thiazole rings is 1. The van der Waals surface area contributed by atoms with E-state index in [1.54, 1.807) is 35.6 Å². The van der Waals surface area contributed by atoms with Gasteiger partial charge in [-0.1, -0.05) is 0 Å². The molecule has 0 aliphatic carbocycles. The number of aromatic nitrogens is 1. The first-order valence-corrected chi connectivity index (χ1v) is 9.64. The van der Waals surface area contributed by atoms with Gasteiger partial charge in [0.15, 0.2) is 0 Å². The Kier molecular flexibility index (Phi) is 4.60. The Bertz CT molecular complexity index is 1260. The summed E-state index contributed by atoms with van der Waals surface area (Å²) in [6, 6.07) is 11.8. The lowest BCUT2D eigenvalue weighted by molar-refractivity contribution is 0.102. The van der Waals surface area contributed by atoms with Crippen LogP contribution >= 0.6 is 11.3 Å². The molecule has 28 heavy (non-hydrogen) atoms. The van der Waals surface area contributed by atoms with Crippen LogP contribution < -0.4 is 15.7 Å². The maximum atomic E-state index is 12.8. The van der Waals surface area contributed by atoms with Crippen LogP contribution in [-0.4, -0.2) is 17.0 Å². The summed E-state index contributed by atoms with van der Waals surface area (Å²) in [6.07, 6.45) is -0.0130. The van der Waals surface area contributed by atoms with E-state index in [9.17, 15) is 9.59 Å². The number of aryl methyl sites for hydroxylation is 1. The Morgan fingerprint density at radius 3 is 2.79 bits per heavy atom. The number of carbonyl (C=O) groups excluding carboxylic acids is 1. The number of anilines is 1. The summed E-state index contributed by atoms with van der Waals surface area (Å²) in [5.74, 6) is 0.199. The molecule has 7 heteroatoms. The lowest BCUT2D eigenvalue weighted by Crippen LogP contribution is -2.15. The zero-order valence-corrected chi connectivity index (χ0v) is 16.4. The molecular formula is C21H18N2O4S. The normalized spacial score (nSPS) is 11.3. The molecule has 6 nitrogen and oxygen atoms in total. The second-order valence-electron chi connectivity index (χ2n) is 6.67. The fraction of sp³-hybridized carbons (Fsp3) is 0.190. The summed E-state index contributed by atoms with van der Waals surface area (Å²) in [6.45, 7) is 5.76. The van der Waals surface area contributed by atoms with Gasteiger partial charge in [-0.2, -0.15) is 0 Å². The summed E-state index contributed by atoms with van der Waals surface area (Å²) >= 11 is 1.56. The molecule has 2 aromatic heterocycles. The zero-order chi connectivity index (χ0) is 19.8. The van der Waals surface area contributed by atoms with Gasteiger partial charge in [-0.3, -0.25) is 4.79 Å². The molecule has 4 aromatic rings. The number of amides is 1. The highest BCUT2D eigenvalue weighted by atomic mass is 32.1. The highest BCUT2D eigenvalue weighted by Gasteiger charge is 2.15. The van der Waals surface area contributed by atoms with Gasteiger partial charge in [-0.25, -0.2) is 9.78 Å². The number of hydrogen-bond donors (Lipinski definition) is 1. The van der Waals surface area contributed by atoms with E-state index in [4.69, 9.17) is 9.15 Å². The van der Waals surface area contributed by atoms with Gasteiger partial charge in [-0.15, -0.1) is 11.3 Å². The Morgan fingerprint density at radius 2 is 2.00 bits per heavy atom. The fourth-order valence-electron chi connectivity index (χ4n) is 2.99. The van der Waals surface area contributed by atoms with Crippen molar-refractivity contribution in [1.29, 1.82) is 0 Å². The Hall–Kier alpha value is -3.19. The molecule has 2 heterocycles. The minimum absolute atomic E-state index is 0.0130. The molecule has 2 aromatic carbocycles. The molecule has 4 rings (SSSR count). The molecule has 0 spiro atoms. The van der Waals surface area contributed by atoms with E-state index in [1.807, 2.05) is 32.9 Å². The number of fused-ring (bicyclic) bond motifs is 2. The van der Waals surface area contributed by atoms with Gasteiger partial charge in [0.25, 0.3) is 5.91 Å². The highest BCUT2D eigenvalue weighted by molar-refractivity contribution is 7.18. The van der Waals surface area contributed by atoms with Crippen LogP contribution in [0.25, 0.3) is 21.2 Å². The third kappa shape index (κ3) is 3.61. The van der Waals surface area contributed by atoms with Crippen LogP contribution in [0.1, 0.15) is 29.2 Å². The first-order valence-electron chi connectivity index (χ1n) is 8.82. The van der Waals surface area contributed by atoms with Crippen molar-refractivity contribution in [3.05, 3.63) is 63.5 Å². The van der Waals surface area contributed by atoms with Gasteiger partial charge < -0.3 is 14.5 Å². The predicted molar refractivity (Wildman–Crippen MR) is 111 cm³/mol. The first-order chi connectivity index (χ1) is 13.4. The summed E-state index contributed by atoms with van der Waals surface area (Å²) in [7, 11) is 0. The number of ether oxygens (including phenoxy) is 1. The molecule has 1 N–H and O–H groups in total. The molecule has 0 aliphatic rings. The molecule has 0 radical (unpaired) electrons. The van der Waals surface area contributed by atoms with E-state index in [2.05, 4.69) is 10.3 Å². The van der Waals surface area contributed by atoms with Crippen LogP contribution in [0.3, 0.4) is 0 Å². The van der Waals surface area contributed by atoms with Crippen molar-refractivity contribution >= 4 is 44.1 Å². The summed E-state index contributed by atoms with van der Waals surface area (Å²) in [5.41, 5.74) is 1.51. The van der Waals surface area contributed by atoms with Crippen molar-refractivity contribution < 1.29 is 13.9 Å². The van der Waals surface area contributed by atoms with Crippen molar-refractivity contribution in [1.82, 2.24) is 4.98 Å². The first kappa shape index (κ1) is 18.2. The van der Waals surface area contributed by atoms with Gasteiger partial charge in [0.1, 0.15) is 11.3 Å². The largest absolute Gasteiger partial charge is 0.491 e. The third-order valence-electron chi connectivity index (χ3n) is 4.09. The van der Waals surface area contributed by atoms with E-state index >= 15 is 0 Å². The average molecular weight is 394 g/mol. The Morgan fingerprint density at radius 1 is 1.18 bits per heavy atom. The van der Waals surface area contributed by atoms with E-state index in [-0.39, 0.29) is 17.6 Å². The number of rotatable bonds is 4. The van der Waals surface area contributed by atoms with Crippen molar-refractivity contribution in [2.75, 3.05) is 5.32 Å². The molecule has 0 unspecified atom stereocenters. The molecule has 1 amide bonds. The molecule has 0 saturated carbocycles. The molecule has 142 valence electrons. The number of nitrogens with zero attached hydrogens (tertiary/aromatic N) is 1. The van der Waals surface area contributed by atoms with Crippen LogP contribution in [0.15, 0.2) is 51.7 Å². The smallest absolute Gasteiger partial charge is 0.337 e. The average Bonchev–Trinajstić information content (AvgIpc) is 2.99. The maximum Gasteiger partial charge on any atom is 0.337 e. The monoisotopic (exact) mass is 394 g/mol. The summed E-state index contributed by atoms with van der Waals surface area (Å²) in [5, 5.41) is 4.36. The number of hydrogen-bond acceptors (Lipinski definition) is 6. The van der Waals surface area contributed by atoms with Gasteiger partial charge in [-0.05, 0) is 51.1 Å². The standard InChI is InChI=1S/C21H18N2O4S/c1-11(2)26-14-5-6-15-16(10-20(24)27-18(15)9-14)21(25)23-13-4-7-17-19(8-13)28-12(3)22-17/h4-11H,1-3H3,(H,23,25). The molecule has 0 fully saturated rings. The van der Waals surface area contributed by atoms with Crippen LogP contribution in [0.4, 0.5) is 5.69 Å². The van der Waals surface area contributed by atoms with E-state index in [1.165, 1.54) is 6.07 Å². The van der Waals surface area contributed by atoms with Crippen LogP contribution in [0.2, 0.25) is 0 Å². The zero-order valence-electron chi connectivity index (χ0n) is 15.6. The molecular weight excluding hydrogens is 376 g/mol. The van der Waals surface area contributed by atoms with Crippen LogP contribution in [-0.2, 0) is 0 Å².